The average molecular weight is 426 g/mol. The lowest BCUT2D eigenvalue weighted by Gasteiger charge is -2.23. The number of carbonyl (C=O) groups is 1. The molecule has 5 N–H and O–H groups in total. The topological polar surface area (TPSA) is 96.9 Å². The van der Waals surface area contributed by atoms with Gasteiger partial charge in [-0.25, -0.2) is 15.0 Å². The molecule has 1 amide bonds. The van der Waals surface area contributed by atoms with Crippen LogP contribution in [0.25, 0.3) is 5.70 Å². The zero-order chi connectivity index (χ0) is 21.8. The first-order valence-corrected chi connectivity index (χ1v) is 10.5. The summed E-state index contributed by atoms with van der Waals surface area (Å²) in [5, 5.41) is 5.04. The molecule has 2 saturated heterocycles. The van der Waals surface area contributed by atoms with Gasteiger partial charge in [0.05, 0.1) is 11.7 Å². The van der Waals surface area contributed by atoms with Crippen LogP contribution in [0.15, 0.2) is 60.8 Å². The van der Waals surface area contributed by atoms with Crippen molar-refractivity contribution in [2.45, 2.75) is 25.1 Å². The summed E-state index contributed by atoms with van der Waals surface area (Å²) in [5.41, 5.74) is 8.23. The van der Waals surface area contributed by atoms with Crippen molar-refractivity contribution < 1.29 is 13.9 Å². The van der Waals surface area contributed by atoms with Gasteiger partial charge in [0.15, 0.2) is 0 Å². The average Bonchev–Trinajstić information content (AvgIpc) is 3.37. The van der Waals surface area contributed by atoms with E-state index in [9.17, 15) is 9.18 Å². The Balaban J connectivity index is 1.37. The number of halogens is 1. The molecule has 0 saturated carbocycles. The van der Waals surface area contributed by atoms with Crippen LogP contribution in [0, 0.1) is 11.7 Å². The van der Waals surface area contributed by atoms with Crippen LogP contribution in [0.5, 0.6) is 0 Å². The van der Waals surface area contributed by atoms with E-state index >= 15 is 0 Å². The molecule has 0 radical (unpaired) electrons. The molecule has 2 fully saturated rings. The number of ether oxygens (including phenoxy) is 1. The van der Waals surface area contributed by atoms with Crippen LogP contribution in [-0.2, 0) is 11.3 Å². The van der Waals surface area contributed by atoms with Crippen molar-refractivity contribution in [3.63, 3.8) is 0 Å². The van der Waals surface area contributed by atoms with Crippen LogP contribution in [0.1, 0.15) is 17.5 Å². The number of rotatable bonds is 6. The number of likely N-dealkylation sites (tertiary alicyclic amines) is 1. The van der Waals surface area contributed by atoms with Crippen molar-refractivity contribution in [3.05, 3.63) is 77.7 Å². The van der Waals surface area contributed by atoms with Crippen LogP contribution in [0.3, 0.4) is 0 Å². The van der Waals surface area contributed by atoms with Crippen LogP contribution < -0.4 is 16.9 Å². The molecule has 8 heteroatoms. The maximum absolute atomic E-state index is 13.1. The molecular weight excluding hydrogens is 397 g/mol. The van der Waals surface area contributed by atoms with Crippen molar-refractivity contribution in [2.24, 2.45) is 17.5 Å². The molecule has 164 valence electrons. The maximum Gasteiger partial charge on any atom is 0.410 e. The largest absolute Gasteiger partial charge is 0.445 e. The number of nitrogens with zero attached hydrogens (tertiary/aromatic N) is 2. The predicted octanol–water partition coefficient (Wildman–Crippen LogP) is 2.26. The Hall–Kier alpha value is -3.10. The lowest BCUT2D eigenvalue weighted by Crippen LogP contribution is -2.41. The number of hydrazine groups is 1. The van der Waals surface area contributed by atoms with Crippen LogP contribution in [-0.4, -0.2) is 47.7 Å². The third-order valence-corrected chi connectivity index (χ3v) is 5.94. The summed E-state index contributed by atoms with van der Waals surface area (Å²) >= 11 is 0. The second-order valence-corrected chi connectivity index (χ2v) is 8.08. The van der Waals surface area contributed by atoms with Gasteiger partial charge in [-0.15, -0.1) is 0 Å². The number of carbonyl (C=O) groups excluding carboxylic acids is 1. The summed E-state index contributed by atoms with van der Waals surface area (Å²) in [6.45, 7) is 2.20. The highest BCUT2D eigenvalue weighted by molar-refractivity contribution is 5.69. The normalized spacial score (nSPS) is 23.0. The van der Waals surface area contributed by atoms with Gasteiger partial charge in [0.2, 0.25) is 0 Å². The predicted molar refractivity (Wildman–Crippen MR) is 116 cm³/mol. The lowest BCUT2D eigenvalue weighted by molar-refractivity contribution is 0.0911. The minimum absolute atomic E-state index is 0.0973. The first-order chi connectivity index (χ1) is 15.0. The Kier molecular flexibility index (Phi) is 6.39. The van der Waals surface area contributed by atoms with E-state index in [1.165, 1.54) is 12.1 Å². The zero-order valence-corrected chi connectivity index (χ0v) is 17.3. The van der Waals surface area contributed by atoms with E-state index < -0.39 is 0 Å². The Bertz CT molecular complexity index is 921. The maximum atomic E-state index is 13.1. The van der Waals surface area contributed by atoms with Gasteiger partial charge >= 0.3 is 6.09 Å². The minimum atomic E-state index is -0.315. The van der Waals surface area contributed by atoms with Crippen LogP contribution in [0.4, 0.5) is 9.18 Å². The number of benzene rings is 2. The quantitative estimate of drug-likeness (QED) is 0.485. The minimum Gasteiger partial charge on any atom is -0.445 e. The Morgan fingerprint density at radius 2 is 1.97 bits per heavy atom. The SMILES string of the molecule is N/C(=C\N(N)C[C@H]1CN(C(=O)OCc2ccccc2)[C@@H]2CCN[C@H]12)c1ccc(F)cc1. The van der Waals surface area contributed by atoms with E-state index in [2.05, 4.69) is 5.32 Å². The Labute approximate surface area is 181 Å². The number of amides is 1. The highest BCUT2D eigenvalue weighted by Crippen LogP contribution is 2.31. The molecule has 2 aromatic rings. The highest BCUT2D eigenvalue weighted by Gasteiger charge is 2.47. The lowest BCUT2D eigenvalue weighted by atomic mass is 10.0. The van der Waals surface area contributed by atoms with Gasteiger partial charge in [0, 0.05) is 31.2 Å². The van der Waals surface area contributed by atoms with E-state index in [0.717, 1.165) is 18.5 Å². The molecule has 3 atom stereocenters. The summed E-state index contributed by atoms with van der Waals surface area (Å²) in [5.74, 6) is 6.02. The van der Waals surface area contributed by atoms with Gasteiger partial charge in [-0.1, -0.05) is 30.3 Å². The molecule has 0 unspecified atom stereocenters. The zero-order valence-electron chi connectivity index (χ0n) is 17.3. The second-order valence-electron chi connectivity index (χ2n) is 8.08. The molecule has 0 spiro atoms. The van der Waals surface area contributed by atoms with Gasteiger partial charge < -0.3 is 25.7 Å². The first kappa shape index (κ1) is 21.1. The third-order valence-electron chi connectivity index (χ3n) is 5.94. The van der Waals surface area contributed by atoms with E-state index in [-0.39, 0.29) is 36.5 Å². The number of hydrogen-bond donors (Lipinski definition) is 3. The van der Waals surface area contributed by atoms with Crippen molar-refractivity contribution in [1.82, 2.24) is 15.2 Å². The molecule has 0 bridgehead atoms. The van der Waals surface area contributed by atoms with Crippen molar-refractivity contribution in [1.29, 1.82) is 0 Å². The summed E-state index contributed by atoms with van der Waals surface area (Å²) in [6.07, 6.45) is 2.24. The number of nitrogens with one attached hydrogen (secondary N) is 1. The Morgan fingerprint density at radius 1 is 1.23 bits per heavy atom. The van der Waals surface area contributed by atoms with Gasteiger partial charge in [-0.2, -0.15) is 0 Å². The molecular formula is C23H28FN5O2. The number of hydrogen-bond acceptors (Lipinski definition) is 6. The molecule has 7 nitrogen and oxygen atoms in total. The molecule has 4 rings (SSSR count). The number of fused-ring (bicyclic) bond motifs is 1. The van der Waals surface area contributed by atoms with Crippen LogP contribution >= 0.6 is 0 Å². The van der Waals surface area contributed by atoms with E-state index in [0.29, 0.717) is 24.4 Å². The van der Waals surface area contributed by atoms with Crippen LogP contribution in [0.2, 0.25) is 0 Å². The molecule has 0 aromatic heterocycles. The molecule has 2 heterocycles. The summed E-state index contributed by atoms with van der Waals surface area (Å²) in [7, 11) is 0. The fraction of sp³-hybridized carbons (Fsp3) is 0.348. The van der Waals surface area contributed by atoms with Gasteiger partial charge in [-0.05, 0) is 48.4 Å². The molecule has 2 aliphatic heterocycles. The van der Waals surface area contributed by atoms with Crippen molar-refractivity contribution in [3.8, 4) is 0 Å². The standard InChI is InChI=1S/C23H28FN5O2/c24-19-8-6-17(7-9-19)20(25)14-28(26)12-18-13-29(21-10-11-27-22(18)21)23(30)31-15-16-4-2-1-3-5-16/h1-9,14,18,21-22,27H,10-13,15,25-26H2/b20-14-/t18-,21+,22+/m0/s1. The van der Waals surface area contributed by atoms with Gasteiger partial charge in [0.1, 0.15) is 12.4 Å². The third kappa shape index (κ3) is 4.98. The summed E-state index contributed by atoms with van der Waals surface area (Å²) in [4.78, 5) is 14.6. The molecule has 2 aliphatic rings. The van der Waals surface area contributed by atoms with E-state index in [4.69, 9.17) is 16.3 Å². The monoisotopic (exact) mass is 425 g/mol. The van der Waals surface area contributed by atoms with Crippen molar-refractivity contribution in [2.75, 3.05) is 19.6 Å². The fourth-order valence-corrected chi connectivity index (χ4v) is 4.45. The Morgan fingerprint density at radius 3 is 2.71 bits per heavy atom. The molecule has 0 aliphatic carbocycles. The van der Waals surface area contributed by atoms with Gasteiger partial charge in [0.25, 0.3) is 0 Å². The number of nitrogens with two attached hydrogens (primary N) is 2. The first-order valence-electron chi connectivity index (χ1n) is 10.5. The molecule has 2 aromatic carbocycles. The smallest absolute Gasteiger partial charge is 0.410 e. The molecule has 31 heavy (non-hydrogen) atoms. The second kappa shape index (κ2) is 9.36. The summed E-state index contributed by atoms with van der Waals surface area (Å²) < 4.78 is 18.7. The van der Waals surface area contributed by atoms with Crippen molar-refractivity contribution >= 4 is 11.8 Å². The highest BCUT2D eigenvalue weighted by atomic mass is 19.1. The van der Waals surface area contributed by atoms with E-state index in [1.54, 1.807) is 23.3 Å². The van der Waals surface area contributed by atoms with Gasteiger partial charge in [-0.3, -0.25) is 0 Å². The van der Waals surface area contributed by atoms with E-state index in [1.807, 2.05) is 35.2 Å². The summed E-state index contributed by atoms with van der Waals surface area (Å²) in [6, 6.07) is 15.9. The fourth-order valence-electron chi connectivity index (χ4n) is 4.45.